The molecule has 0 aliphatic heterocycles. The lowest BCUT2D eigenvalue weighted by Crippen LogP contribution is -2.25. The second-order valence-electron chi connectivity index (χ2n) is 3.28. The third-order valence-corrected chi connectivity index (χ3v) is 1.89. The maximum absolute atomic E-state index is 11.4. The van der Waals surface area contributed by atoms with Crippen molar-refractivity contribution < 1.29 is 9.53 Å². The number of ether oxygens (including phenoxy) is 1. The van der Waals surface area contributed by atoms with E-state index >= 15 is 0 Å². The monoisotopic (exact) mass is 199 g/mol. The first kappa shape index (κ1) is 10.4. The van der Waals surface area contributed by atoms with E-state index in [4.69, 9.17) is 10.5 Å². The molecule has 1 aromatic rings. The van der Waals surface area contributed by atoms with Crippen LogP contribution >= 0.6 is 0 Å². The molecule has 0 aliphatic carbocycles. The van der Waals surface area contributed by atoms with Crippen molar-refractivity contribution in [3.05, 3.63) is 0 Å². The van der Waals surface area contributed by atoms with E-state index in [1.807, 2.05) is 13.8 Å². The van der Waals surface area contributed by atoms with Crippen molar-refractivity contribution in [2.75, 3.05) is 5.73 Å². The van der Waals surface area contributed by atoms with Gasteiger partial charge in [-0.1, -0.05) is 18.9 Å². The number of carbonyl (C=O) groups excluding carboxylic acids is 1. The molecule has 0 aromatic carbocycles. The van der Waals surface area contributed by atoms with Crippen LogP contribution in [0.5, 0.6) is 0 Å². The van der Waals surface area contributed by atoms with Crippen molar-refractivity contribution in [3.8, 4) is 0 Å². The highest BCUT2D eigenvalue weighted by Crippen LogP contribution is 2.07. The fraction of sp³-hybridized carbons (Fsp3) is 0.714. The van der Waals surface area contributed by atoms with Crippen LogP contribution < -0.4 is 5.73 Å². The van der Waals surface area contributed by atoms with Crippen molar-refractivity contribution >= 4 is 12.0 Å². The van der Waals surface area contributed by atoms with Crippen LogP contribution in [0.15, 0.2) is 0 Å². The van der Waals surface area contributed by atoms with Gasteiger partial charge in [-0.15, -0.1) is 4.68 Å². The quantitative estimate of drug-likeness (QED) is 0.687. The molecule has 1 atom stereocenters. The molecule has 14 heavy (non-hydrogen) atoms. The molecule has 1 aromatic heterocycles. The zero-order valence-corrected chi connectivity index (χ0v) is 8.34. The van der Waals surface area contributed by atoms with Crippen LogP contribution in [0, 0.1) is 5.92 Å². The summed E-state index contributed by atoms with van der Waals surface area (Å²) >= 11 is 0. The summed E-state index contributed by atoms with van der Waals surface area (Å²) in [4.78, 5) is 11.4. The number of hydrogen-bond acceptors (Lipinski definition) is 6. The molecule has 0 bridgehead atoms. The average molecular weight is 199 g/mol. The van der Waals surface area contributed by atoms with Gasteiger partial charge in [0.25, 0.3) is 5.95 Å². The van der Waals surface area contributed by atoms with Crippen molar-refractivity contribution in [1.82, 2.24) is 20.2 Å². The number of tetrazole rings is 1. The van der Waals surface area contributed by atoms with E-state index in [0.29, 0.717) is 0 Å². The second kappa shape index (κ2) is 4.03. The topological polar surface area (TPSA) is 95.9 Å². The first-order chi connectivity index (χ1) is 6.52. The van der Waals surface area contributed by atoms with E-state index in [2.05, 4.69) is 15.5 Å². The average Bonchev–Trinajstić information content (AvgIpc) is 2.51. The fourth-order valence-electron chi connectivity index (χ4n) is 0.669. The Hall–Kier alpha value is -1.66. The molecule has 1 heterocycles. The summed E-state index contributed by atoms with van der Waals surface area (Å²) in [5, 5.41) is 9.98. The van der Waals surface area contributed by atoms with Crippen molar-refractivity contribution in [2.24, 2.45) is 5.92 Å². The molecular formula is C7H13N5O2. The largest absolute Gasteiger partial charge is 0.444 e. The fourth-order valence-corrected chi connectivity index (χ4v) is 0.669. The summed E-state index contributed by atoms with van der Waals surface area (Å²) in [7, 11) is 0. The van der Waals surface area contributed by atoms with Gasteiger partial charge in [-0.25, -0.2) is 4.79 Å². The van der Waals surface area contributed by atoms with Gasteiger partial charge in [0.1, 0.15) is 6.10 Å². The Labute approximate surface area is 81.2 Å². The van der Waals surface area contributed by atoms with Gasteiger partial charge in [0.15, 0.2) is 0 Å². The van der Waals surface area contributed by atoms with Crippen molar-refractivity contribution in [3.63, 3.8) is 0 Å². The minimum Gasteiger partial charge on any atom is -0.444 e. The van der Waals surface area contributed by atoms with Crippen LogP contribution in [0.3, 0.4) is 0 Å². The van der Waals surface area contributed by atoms with Crippen LogP contribution in [-0.2, 0) is 4.74 Å². The molecule has 0 saturated carbocycles. The lowest BCUT2D eigenvalue weighted by Gasteiger charge is -2.15. The highest BCUT2D eigenvalue weighted by molar-refractivity contribution is 5.71. The Morgan fingerprint density at radius 1 is 1.50 bits per heavy atom. The van der Waals surface area contributed by atoms with Crippen LogP contribution in [-0.4, -0.2) is 32.4 Å². The first-order valence-electron chi connectivity index (χ1n) is 4.27. The van der Waals surface area contributed by atoms with Gasteiger partial charge < -0.3 is 10.5 Å². The normalized spacial score (nSPS) is 12.9. The van der Waals surface area contributed by atoms with Crippen LogP contribution in [0.2, 0.25) is 0 Å². The number of rotatable bonds is 2. The predicted octanol–water partition coefficient (Wildman–Crippen LogP) is 0.284. The van der Waals surface area contributed by atoms with Gasteiger partial charge in [0, 0.05) is 0 Å². The third-order valence-electron chi connectivity index (χ3n) is 1.89. The Bertz CT molecular complexity index is 322. The number of aromatic nitrogens is 4. The minimum absolute atomic E-state index is 0.0778. The van der Waals surface area contributed by atoms with E-state index in [1.54, 1.807) is 6.92 Å². The van der Waals surface area contributed by atoms with E-state index in [-0.39, 0.29) is 18.0 Å². The van der Waals surface area contributed by atoms with Crippen LogP contribution in [0.25, 0.3) is 0 Å². The van der Waals surface area contributed by atoms with Gasteiger partial charge in [0.05, 0.1) is 0 Å². The third kappa shape index (κ3) is 2.18. The van der Waals surface area contributed by atoms with Crippen molar-refractivity contribution in [2.45, 2.75) is 26.9 Å². The molecular weight excluding hydrogens is 186 g/mol. The summed E-state index contributed by atoms with van der Waals surface area (Å²) in [6.07, 6.45) is -0.861. The number of carbonyl (C=O) groups is 1. The van der Waals surface area contributed by atoms with Gasteiger partial charge >= 0.3 is 6.09 Å². The van der Waals surface area contributed by atoms with E-state index in [0.717, 1.165) is 4.68 Å². The number of nitrogens with zero attached hydrogens (tertiary/aromatic N) is 4. The maximum atomic E-state index is 11.4. The van der Waals surface area contributed by atoms with Gasteiger partial charge in [-0.2, -0.15) is 0 Å². The summed E-state index contributed by atoms with van der Waals surface area (Å²) < 4.78 is 5.86. The standard InChI is InChI=1S/C7H13N5O2/c1-4(2)5(3)14-7(13)12-6(8)9-10-11-12/h4-5H,1-3H3,(H2,8,9,11)/t5-/m1/s1. The van der Waals surface area contributed by atoms with Gasteiger partial charge in [-0.05, 0) is 23.3 Å². The summed E-state index contributed by atoms with van der Waals surface area (Å²) in [6, 6.07) is 0. The summed E-state index contributed by atoms with van der Waals surface area (Å²) in [5.74, 6) is 0.155. The Balaban J connectivity index is 2.64. The molecule has 0 aliphatic rings. The smallest absolute Gasteiger partial charge is 0.439 e. The first-order valence-corrected chi connectivity index (χ1v) is 4.27. The molecule has 0 spiro atoms. The molecule has 0 saturated heterocycles. The molecule has 2 N–H and O–H groups in total. The molecule has 1 rings (SSSR count). The van der Waals surface area contributed by atoms with E-state index in [9.17, 15) is 4.79 Å². The molecule has 0 amide bonds. The lowest BCUT2D eigenvalue weighted by molar-refractivity contribution is 0.0809. The Kier molecular flexibility index (Phi) is 3.00. The van der Waals surface area contributed by atoms with E-state index < -0.39 is 6.09 Å². The summed E-state index contributed by atoms with van der Waals surface area (Å²) in [6.45, 7) is 5.69. The van der Waals surface area contributed by atoms with Crippen LogP contribution in [0.4, 0.5) is 10.7 Å². The molecule has 7 heteroatoms. The zero-order valence-electron chi connectivity index (χ0n) is 8.34. The molecule has 7 nitrogen and oxygen atoms in total. The predicted molar refractivity (Wildman–Crippen MR) is 48.4 cm³/mol. The SMILES string of the molecule is CC(C)[C@@H](C)OC(=O)n1nnnc1N. The zero-order chi connectivity index (χ0) is 10.7. The van der Waals surface area contributed by atoms with Gasteiger partial charge in [0.2, 0.25) is 0 Å². The highest BCUT2D eigenvalue weighted by Gasteiger charge is 2.17. The van der Waals surface area contributed by atoms with E-state index in [1.165, 1.54) is 0 Å². The number of nitrogen functional groups attached to an aromatic ring is 1. The number of hydrogen-bond donors (Lipinski definition) is 1. The highest BCUT2D eigenvalue weighted by atomic mass is 16.6. The Morgan fingerprint density at radius 2 is 2.14 bits per heavy atom. The second-order valence-corrected chi connectivity index (χ2v) is 3.28. The number of anilines is 1. The Morgan fingerprint density at radius 3 is 2.57 bits per heavy atom. The maximum Gasteiger partial charge on any atom is 0.439 e. The molecule has 0 unspecified atom stereocenters. The number of nitrogens with two attached hydrogens (primary N) is 1. The lowest BCUT2D eigenvalue weighted by atomic mass is 10.1. The summed E-state index contributed by atoms with van der Waals surface area (Å²) in [5.41, 5.74) is 5.32. The minimum atomic E-state index is -0.659. The molecule has 0 fully saturated rings. The van der Waals surface area contributed by atoms with Crippen molar-refractivity contribution in [1.29, 1.82) is 0 Å². The van der Waals surface area contributed by atoms with Gasteiger partial charge in [-0.3, -0.25) is 0 Å². The molecule has 0 radical (unpaired) electrons. The van der Waals surface area contributed by atoms with Crippen LogP contribution in [0.1, 0.15) is 20.8 Å². The molecule has 78 valence electrons.